The number of rotatable bonds is 4. The average Bonchev–Trinajstić information content (AvgIpc) is 2.51. The van der Waals surface area contributed by atoms with E-state index in [-0.39, 0.29) is 6.04 Å². The van der Waals surface area contributed by atoms with Crippen LogP contribution in [-0.2, 0) is 9.47 Å². The molecule has 1 aliphatic rings. The number of nitrogens with zero attached hydrogens (tertiary/aromatic N) is 1. The molecule has 1 N–H and O–H groups in total. The number of amides is 1. The van der Waals surface area contributed by atoms with Crippen molar-refractivity contribution in [2.75, 3.05) is 6.61 Å². The Hall–Kier alpha value is -1.07. The number of hydrogen-bond acceptors (Lipinski definition) is 4. The minimum atomic E-state index is -0.721. The van der Waals surface area contributed by atoms with Gasteiger partial charge in [-0.15, -0.1) is 6.58 Å². The van der Waals surface area contributed by atoms with Gasteiger partial charge in [-0.1, -0.05) is 6.08 Å². The molecule has 0 radical (unpaired) electrons. The molecule has 0 bridgehead atoms. The third-order valence-electron chi connectivity index (χ3n) is 3.15. The molecule has 1 fully saturated rings. The molecule has 116 valence electrons. The van der Waals surface area contributed by atoms with Gasteiger partial charge in [-0.3, -0.25) is 4.90 Å². The first-order chi connectivity index (χ1) is 9.07. The standard InChI is InChI=1S/C15H27NO4/c1-7-8-12(17)9-11-10-19-15(5,6)16(11)13(18)20-14(2,3)4/h7,11-12,17H,1,8-10H2,2-6H3/t11?,12-/m0/s1. The summed E-state index contributed by atoms with van der Waals surface area (Å²) in [4.78, 5) is 13.9. The Morgan fingerprint density at radius 3 is 2.70 bits per heavy atom. The molecule has 0 aromatic rings. The summed E-state index contributed by atoms with van der Waals surface area (Å²) in [5.41, 5.74) is -1.28. The van der Waals surface area contributed by atoms with Crippen molar-refractivity contribution >= 4 is 6.09 Å². The van der Waals surface area contributed by atoms with Crippen LogP contribution in [0.15, 0.2) is 12.7 Å². The summed E-state index contributed by atoms with van der Waals surface area (Å²) >= 11 is 0. The lowest BCUT2D eigenvalue weighted by Crippen LogP contribution is -2.50. The van der Waals surface area contributed by atoms with E-state index in [2.05, 4.69) is 6.58 Å². The van der Waals surface area contributed by atoms with Crippen LogP contribution in [-0.4, -0.2) is 46.2 Å². The van der Waals surface area contributed by atoms with Crippen molar-refractivity contribution in [1.82, 2.24) is 4.90 Å². The summed E-state index contributed by atoms with van der Waals surface area (Å²) in [7, 11) is 0. The summed E-state index contributed by atoms with van der Waals surface area (Å²) in [5, 5.41) is 9.91. The van der Waals surface area contributed by atoms with Crippen molar-refractivity contribution in [3.8, 4) is 0 Å². The quantitative estimate of drug-likeness (QED) is 0.807. The van der Waals surface area contributed by atoms with E-state index in [1.165, 1.54) is 0 Å². The second-order valence-corrected chi connectivity index (χ2v) is 6.68. The molecule has 5 nitrogen and oxygen atoms in total. The van der Waals surface area contributed by atoms with Crippen LogP contribution < -0.4 is 0 Å². The Balaban J connectivity index is 2.80. The van der Waals surface area contributed by atoms with Crippen molar-refractivity contribution in [3.05, 3.63) is 12.7 Å². The van der Waals surface area contributed by atoms with E-state index in [1.807, 2.05) is 34.6 Å². The summed E-state index contributed by atoms with van der Waals surface area (Å²) in [6.07, 6.45) is 1.69. The summed E-state index contributed by atoms with van der Waals surface area (Å²) in [6, 6.07) is -0.185. The minimum Gasteiger partial charge on any atom is -0.444 e. The molecule has 0 aliphatic carbocycles. The average molecular weight is 285 g/mol. The van der Waals surface area contributed by atoms with Crippen LogP contribution in [0.25, 0.3) is 0 Å². The molecule has 20 heavy (non-hydrogen) atoms. The molecule has 1 aliphatic heterocycles. The lowest BCUT2D eigenvalue weighted by atomic mass is 10.1. The number of aliphatic hydroxyl groups excluding tert-OH is 1. The van der Waals surface area contributed by atoms with E-state index >= 15 is 0 Å². The first-order valence-corrected chi connectivity index (χ1v) is 7.02. The smallest absolute Gasteiger partial charge is 0.412 e. The first kappa shape index (κ1) is 17.0. The zero-order chi connectivity index (χ0) is 15.6. The van der Waals surface area contributed by atoms with Crippen molar-refractivity contribution in [1.29, 1.82) is 0 Å². The molecule has 1 amide bonds. The number of hydrogen-bond donors (Lipinski definition) is 1. The highest BCUT2D eigenvalue weighted by Gasteiger charge is 2.45. The maximum absolute atomic E-state index is 12.3. The van der Waals surface area contributed by atoms with Crippen molar-refractivity contribution in [3.63, 3.8) is 0 Å². The van der Waals surface area contributed by atoms with Gasteiger partial charge < -0.3 is 14.6 Å². The van der Waals surface area contributed by atoms with Gasteiger partial charge in [-0.05, 0) is 47.5 Å². The highest BCUT2D eigenvalue weighted by Crippen LogP contribution is 2.31. The van der Waals surface area contributed by atoms with Gasteiger partial charge in [-0.2, -0.15) is 0 Å². The predicted molar refractivity (Wildman–Crippen MR) is 77.3 cm³/mol. The Labute approximate surface area is 121 Å². The highest BCUT2D eigenvalue weighted by atomic mass is 16.6. The lowest BCUT2D eigenvalue weighted by molar-refractivity contribution is -0.0636. The monoisotopic (exact) mass is 285 g/mol. The van der Waals surface area contributed by atoms with Gasteiger partial charge in [0.15, 0.2) is 0 Å². The van der Waals surface area contributed by atoms with Crippen LogP contribution in [0.5, 0.6) is 0 Å². The van der Waals surface area contributed by atoms with Crippen LogP contribution >= 0.6 is 0 Å². The fourth-order valence-corrected chi connectivity index (χ4v) is 2.34. The Morgan fingerprint density at radius 1 is 1.60 bits per heavy atom. The van der Waals surface area contributed by atoms with Crippen LogP contribution in [0.2, 0.25) is 0 Å². The molecule has 0 saturated carbocycles. The number of aliphatic hydroxyl groups is 1. The van der Waals surface area contributed by atoms with E-state index in [0.29, 0.717) is 19.4 Å². The molecule has 0 spiro atoms. The van der Waals surface area contributed by atoms with E-state index in [1.54, 1.807) is 11.0 Å². The largest absolute Gasteiger partial charge is 0.444 e. The Bertz CT molecular complexity index is 359. The fraction of sp³-hybridized carbons (Fsp3) is 0.800. The topological polar surface area (TPSA) is 59.0 Å². The van der Waals surface area contributed by atoms with Gasteiger partial charge in [0.2, 0.25) is 0 Å². The van der Waals surface area contributed by atoms with Crippen LogP contribution in [0.3, 0.4) is 0 Å². The number of carbonyl (C=O) groups is 1. The molecule has 0 aromatic heterocycles. The lowest BCUT2D eigenvalue weighted by Gasteiger charge is -2.35. The minimum absolute atomic E-state index is 0.185. The predicted octanol–water partition coefficient (Wildman–Crippen LogP) is 2.69. The molecule has 1 heterocycles. The third-order valence-corrected chi connectivity index (χ3v) is 3.15. The van der Waals surface area contributed by atoms with Crippen LogP contribution in [0.4, 0.5) is 4.79 Å². The molecular formula is C15H27NO4. The summed E-state index contributed by atoms with van der Waals surface area (Å²) in [5.74, 6) is 0. The molecule has 5 heteroatoms. The molecule has 0 aromatic carbocycles. The Morgan fingerprint density at radius 2 is 2.20 bits per heavy atom. The molecule has 1 saturated heterocycles. The van der Waals surface area contributed by atoms with E-state index in [0.717, 1.165) is 0 Å². The molecule has 1 rings (SSSR count). The first-order valence-electron chi connectivity index (χ1n) is 7.02. The third kappa shape index (κ3) is 4.49. The maximum Gasteiger partial charge on any atom is 0.412 e. The van der Waals surface area contributed by atoms with Crippen molar-refractivity contribution < 1.29 is 19.4 Å². The van der Waals surface area contributed by atoms with Gasteiger partial charge in [0.05, 0.1) is 18.8 Å². The van der Waals surface area contributed by atoms with E-state index in [4.69, 9.17) is 9.47 Å². The van der Waals surface area contributed by atoms with Gasteiger partial charge >= 0.3 is 6.09 Å². The maximum atomic E-state index is 12.3. The van der Waals surface area contributed by atoms with E-state index < -0.39 is 23.5 Å². The molecule has 1 unspecified atom stereocenters. The van der Waals surface area contributed by atoms with Gasteiger partial charge in [-0.25, -0.2) is 4.79 Å². The van der Waals surface area contributed by atoms with Crippen LogP contribution in [0.1, 0.15) is 47.5 Å². The summed E-state index contributed by atoms with van der Waals surface area (Å²) in [6.45, 7) is 13.2. The number of ether oxygens (including phenoxy) is 2. The number of carbonyl (C=O) groups excluding carboxylic acids is 1. The second-order valence-electron chi connectivity index (χ2n) is 6.68. The van der Waals surface area contributed by atoms with Crippen LogP contribution in [0, 0.1) is 0 Å². The highest BCUT2D eigenvalue weighted by molar-refractivity contribution is 5.69. The molecular weight excluding hydrogens is 258 g/mol. The zero-order valence-electron chi connectivity index (χ0n) is 13.2. The zero-order valence-corrected chi connectivity index (χ0v) is 13.2. The second kappa shape index (κ2) is 6.14. The fourth-order valence-electron chi connectivity index (χ4n) is 2.34. The van der Waals surface area contributed by atoms with Crippen molar-refractivity contribution in [2.24, 2.45) is 0 Å². The van der Waals surface area contributed by atoms with E-state index in [9.17, 15) is 9.90 Å². The Kier molecular flexibility index (Phi) is 5.21. The van der Waals surface area contributed by atoms with Gasteiger partial charge in [0.25, 0.3) is 0 Å². The van der Waals surface area contributed by atoms with Crippen molar-refractivity contribution in [2.45, 2.75) is 70.9 Å². The van der Waals surface area contributed by atoms with Gasteiger partial charge in [0, 0.05) is 0 Å². The molecule has 2 atom stereocenters. The normalized spacial score (nSPS) is 23.5. The SMILES string of the molecule is C=CC[C@H](O)CC1COC(C)(C)N1C(=O)OC(C)(C)C. The van der Waals surface area contributed by atoms with Gasteiger partial charge in [0.1, 0.15) is 11.3 Å². The summed E-state index contributed by atoms with van der Waals surface area (Å²) < 4.78 is 11.1.